The molecule has 0 spiro atoms. The maximum absolute atomic E-state index is 12.2. The Hall–Kier alpha value is -3.75. The molecule has 27 heavy (non-hydrogen) atoms. The summed E-state index contributed by atoms with van der Waals surface area (Å²) in [6.07, 6.45) is 0.309. The minimum Gasteiger partial charge on any atom is -0.477 e. The van der Waals surface area contributed by atoms with E-state index in [0.717, 1.165) is 16.4 Å². The monoisotopic (exact) mass is 367 g/mol. The van der Waals surface area contributed by atoms with Crippen molar-refractivity contribution >= 4 is 17.9 Å². The molecule has 0 saturated heterocycles. The fourth-order valence-corrected chi connectivity index (χ4v) is 2.43. The summed E-state index contributed by atoms with van der Waals surface area (Å²) in [4.78, 5) is 32.1. The first-order valence-corrected chi connectivity index (χ1v) is 8.05. The Morgan fingerprint density at radius 2 is 1.81 bits per heavy atom. The second kappa shape index (κ2) is 7.65. The van der Waals surface area contributed by atoms with Gasteiger partial charge in [0.25, 0.3) is 5.95 Å². The van der Waals surface area contributed by atoms with Gasteiger partial charge in [-0.15, -0.1) is 0 Å². The molecule has 0 atom stereocenters. The van der Waals surface area contributed by atoms with Crippen LogP contribution in [-0.2, 0) is 11.3 Å². The SMILES string of the molecule is Cc1cc(C)nc(-n2ncc(C(=O)O)c2NC(=O)OCc2ccccc2)n1. The third-order valence-corrected chi connectivity index (χ3v) is 3.59. The number of benzene rings is 1. The summed E-state index contributed by atoms with van der Waals surface area (Å²) in [5, 5.41) is 15.8. The van der Waals surface area contributed by atoms with Crippen molar-refractivity contribution in [2.24, 2.45) is 0 Å². The summed E-state index contributed by atoms with van der Waals surface area (Å²) in [5.74, 6) is -1.17. The van der Waals surface area contributed by atoms with Gasteiger partial charge in [0.1, 0.15) is 12.2 Å². The van der Waals surface area contributed by atoms with Crippen LogP contribution in [0.25, 0.3) is 5.95 Å². The molecule has 9 heteroatoms. The van der Waals surface area contributed by atoms with Crippen LogP contribution in [0.2, 0.25) is 0 Å². The van der Waals surface area contributed by atoms with E-state index in [1.165, 1.54) is 0 Å². The number of carbonyl (C=O) groups excluding carboxylic acids is 1. The molecule has 1 amide bonds. The highest BCUT2D eigenvalue weighted by molar-refractivity contribution is 5.97. The second-order valence-electron chi connectivity index (χ2n) is 5.76. The van der Waals surface area contributed by atoms with Gasteiger partial charge in [0.15, 0.2) is 5.82 Å². The van der Waals surface area contributed by atoms with E-state index in [2.05, 4.69) is 20.4 Å². The van der Waals surface area contributed by atoms with Gasteiger partial charge in [0.2, 0.25) is 0 Å². The molecule has 0 bridgehead atoms. The Morgan fingerprint density at radius 1 is 1.15 bits per heavy atom. The molecule has 0 unspecified atom stereocenters. The van der Waals surface area contributed by atoms with Gasteiger partial charge >= 0.3 is 12.1 Å². The van der Waals surface area contributed by atoms with Crippen molar-refractivity contribution in [3.63, 3.8) is 0 Å². The van der Waals surface area contributed by atoms with Gasteiger partial charge in [-0.1, -0.05) is 30.3 Å². The van der Waals surface area contributed by atoms with Gasteiger partial charge in [0, 0.05) is 11.4 Å². The van der Waals surface area contributed by atoms with Crippen LogP contribution in [0.1, 0.15) is 27.3 Å². The van der Waals surface area contributed by atoms with Gasteiger partial charge in [-0.3, -0.25) is 5.32 Å². The molecular weight excluding hydrogens is 350 g/mol. The molecule has 2 aromatic heterocycles. The number of carboxylic acid groups (broad SMARTS) is 1. The Kier molecular flexibility index (Phi) is 5.11. The first-order valence-electron chi connectivity index (χ1n) is 8.05. The molecule has 0 fully saturated rings. The van der Waals surface area contributed by atoms with E-state index in [1.54, 1.807) is 19.9 Å². The minimum absolute atomic E-state index is 0.0449. The second-order valence-corrected chi connectivity index (χ2v) is 5.76. The Morgan fingerprint density at radius 3 is 2.44 bits per heavy atom. The number of aryl methyl sites for hydroxylation is 2. The van der Waals surface area contributed by atoms with E-state index in [1.807, 2.05) is 30.3 Å². The zero-order valence-electron chi connectivity index (χ0n) is 14.7. The zero-order chi connectivity index (χ0) is 19.4. The third-order valence-electron chi connectivity index (χ3n) is 3.59. The highest BCUT2D eigenvalue weighted by Crippen LogP contribution is 2.19. The van der Waals surface area contributed by atoms with Crippen LogP contribution in [-0.4, -0.2) is 36.9 Å². The lowest BCUT2D eigenvalue weighted by Crippen LogP contribution is -2.19. The lowest BCUT2D eigenvalue weighted by molar-refractivity contribution is 0.0698. The van der Waals surface area contributed by atoms with Gasteiger partial charge in [-0.2, -0.15) is 9.78 Å². The summed E-state index contributed by atoms with van der Waals surface area (Å²) >= 11 is 0. The Bertz CT molecular complexity index is 964. The molecule has 138 valence electrons. The van der Waals surface area contributed by atoms with Crippen molar-refractivity contribution in [1.82, 2.24) is 19.7 Å². The smallest absolute Gasteiger partial charge is 0.413 e. The number of rotatable bonds is 5. The summed E-state index contributed by atoms with van der Waals surface area (Å²) in [6.45, 7) is 3.60. The largest absolute Gasteiger partial charge is 0.477 e. The number of nitrogens with zero attached hydrogens (tertiary/aromatic N) is 4. The highest BCUT2D eigenvalue weighted by atomic mass is 16.5. The number of amides is 1. The first kappa shape index (κ1) is 18.1. The number of ether oxygens (including phenoxy) is 1. The lowest BCUT2D eigenvalue weighted by atomic mass is 10.2. The van der Waals surface area contributed by atoms with Gasteiger partial charge in [-0.05, 0) is 25.5 Å². The predicted octanol–water partition coefficient (Wildman–Crippen LogP) is 2.73. The number of aromatic carboxylic acids is 1. The maximum atomic E-state index is 12.2. The molecule has 0 aliphatic heterocycles. The molecule has 0 aliphatic rings. The van der Waals surface area contributed by atoms with Crippen molar-refractivity contribution in [2.45, 2.75) is 20.5 Å². The quantitative estimate of drug-likeness (QED) is 0.711. The normalized spacial score (nSPS) is 10.4. The minimum atomic E-state index is -1.25. The molecule has 3 aromatic rings. The number of anilines is 1. The van der Waals surface area contributed by atoms with E-state index >= 15 is 0 Å². The third kappa shape index (κ3) is 4.27. The average molecular weight is 367 g/mol. The zero-order valence-corrected chi connectivity index (χ0v) is 14.7. The number of carbonyl (C=O) groups is 2. The molecule has 0 saturated carbocycles. The topological polar surface area (TPSA) is 119 Å². The summed E-state index contributed by atoms with van der Waals surface area (Å²) < 4.78 is 6.31. The summed E-state index contributed by atoms with van der Waals surface area (Å²) in [7, 11) is 0. The van der Waals surface area contributed by atoms with Crippen LogP contribution >= 0.6 is 0 Å². The summed E-state index contributed by atoms with van der Waals surface area (Å²) in [5.41, 5.74) is 1.97. The van der Waals surface area contributed by atoms with Gasteiger partial charge in [-0.25, -0.2) is 19.6 Å². The molecule has 1 aromatic carbocycles. The average Bonchev–Trinajstić information content (AvgIpc) is 3.04. The molecular formula is C18H17N5O4. The fraction of sp³-hybridized carbons (Fsp3) is 0.167. The molecule has 0 radical (unpaired) electrons. The number of carboxylic acids is 1. The van der Waals surface area contributed by atoms with Gasteiger partial charge < -0.3 is 9.84 Å². The number of nitrogens with one attached hydrogen (secondary N) is 1. The van der Waals surface area contributed by atoms with Gasteiger partial charge in [0.05, 0.1) is 6.20 Å². The Balaban J connectivity index is 1.85. The lowest BCUT2D eigenvalue weighted by Gasteiger charge is -2.10. The van der Waals surface area contributed by atoms with E-state index in [0.29, 0.717) is 11.4 Å². The van der Waals surface area contributed by atoms with Crippen molar-refractivity contribution < 1.29 is 19.4 Å². The van der Waals surface area contributed by atoms with Crippen LogP contribution < -0.4 is 5.32 Å². The predicted molar refractivity (Wildman–Crippen MR) is 95.8 cm³/mol. The van der Waals surface area contributed by atoms with Crippen LogP contribution in [0.5, 0.6) is 0 Å². The van der Waals surface area contributed by atoms with Crippen LogP contribution in [0.3, 0.4) is 0 Å². The number of hydrogen-bond donors (Lipinski definition) is 2. The molecule has 3 rings (SSSR count). The molecule has 9 nitrogen and oxygen atoms in total. The first-order chi connectivity index (χ1) is 12.9. The highest BCUT2D eigenvalue weighted by Gasteiger charge is 2.22. The summed E-state index contributed by atoms with van der Waals surface area (Å²) in [6, 6.07) is 10.9. The maximum Gasteiger partial charge on any atom is 0.413 e. The standard InChI is InChI=1S/C18H17N5O4/c1-11-8-12(2)21-17(20-11)23-15(14(9-19-23)16(24)25)22-18(26)27-10-13-6-4-3-5-7-13/h3-9H,10H2,1-2H3,(H,22,26)(H,24,25). The molecule has 0 aliphatic carbocycles. The van der Waals surface area contributed by atoms with Crippen LogP contribution in [0.15, 0.2) is 42.6 Å². The van der Waals surface area contributed by atoms with E-state index in [4.69, 9.17) is 4.74 Å². The Labute approximate surface area is 154 Å². The van der Waals surface area contributed by atoms with E-state index < -0.39 is 12.1 Å². The van der Waals surface area contributed by atoms with Crippen molar-refractivity contribution in [2.75, 3.05) is 5.32 Å². The van der Waals surface area contributed by atoms with Crippen molar-refractivity contribution in [3.05, 3.63) is 65.1 Å². The molecule has 2 N–H and O–H groups in total. The van der Waals surface area contributed by atoms with Crippen LogP contribution in [0, 0.1) is 13.8 Å². The van der Waals surface area contributed by atoms with Crippen molar-refractivity contribution in [3.8, 4) is 5.95 Å². The van der Waals surface area contributed by atoms with E-state index in [-0.39, 0.29) is 23.9 Å². The van der Waals surface area contributed by atoms with Crippen molar-refractivity contribution in [1.29, 1.82) is 0 Å². The fourth-order valence-electron chi connectivity index (χ4n) is 2.43. The molecule has 2 heterocycles. The van der Waals surface area contributed by atoms with E-state index in [9.17, 15) is 14.7 Å². The van der Waals surface area contributed by atoms with Crippen LogP contribution in [0.4, 0.5) is 10.6 Å². The number of hydrogen-bond acceptors (Lipinski definition) is 6. The number of aromatic nitrogens is 4.